The smallest absolute Gasteiger partial charge is 0.478 e. The van der Waals surface area contributed by atoms with Gasteiger partial charge >= 0.3 is 13.1 Å². The normalized spacial score (nSPS) is 19.6. The van der Waals surface area contributed by atoms with Crippen LogP contribution in [0.2, 0.25) is 0 Å². The average molecular weight is 337 g/mol. The molecular formula is C16H21BFNO5. The first-order valence-corrected chi connectivity index (χ1v) is 7.48. The minimum atomic E-state index is -1.33. The summed E-state index contributed by atoms with van der Waals surface area (Å²) in [6.07, 6.45) is 1.40. The molecule has 0 bridgehead atoms. The highest BCUT2D eigenvalue weighted by molar-refractivity contribution is 6.55. The van der Waals surface area contributed by atoms with Crippen molar-refractivity contribution in [3.63, 3.8) is 0 Å². The van der Waals surface area contributed by atoms with Gasteiger partial charge in [-0.15, -0.1) is 0 Å². The van der Waals surface area contributed by atoms with Crippen molar-refractivity contribution < 1.29 is 28.7 Å². The van der Waals surface area contributed by atoms with E-state index in [1.807, 2.05) is 27.7 Å². The van der Waals surface area contributed by atoms with Crippen LogP contribution in [-0.4, -0.2) is 41.1 Å². The maximum absolute atomic E-state index is 13.7. The zero-order valence-electron chi connectivity index (χ0n) is 14.1. The van der Waals surface area contributed by atoms with E-state index in [0.29, 0.717) is 5.47 Å². The molecule has 1 saturated heterocycles. The summed E-state index contributed by atoms with van der Waals surface area (Å²) in [6, 6.07) is 1.95. The number of hydrogen-bond donors (Lipinski definition) is 3. The lowest BCUT2D eigenvalue weighted by Crippen LogP contribution is -2.41. The van der Waals surface area contributed by atoms with E-state index < -0.39 is 36.7 Å². The zero-order valence-corrected chi connectivity index (χ0v) is 14.1. The molecule has 1 aromatic rings. The fourth-order valence-electron chi connectivity index (χ4n) is 2.32. The molecule has 1 aliphatic heterocycles. The number of aliphatic hydroxyl groups is 1. The highest BCUT2D eigenvalue weighted by Crippen LogP contribution is 2.39. The summed E-state index contributed by atoms with van der Waals surface area (Å²) in [5, 5.41) is 18.7. The molecule has 1 aromatic carbocycles. The van der Waals surface area contributed by atoms with Gasteiger partial charge in [-0.05, 0) is 45.3 Å². The number of benzene rings is 1. The van der Waals surface area contributed by atoms with Gasteiger partial charge in [-0.3, -0.25) is 0 Å². The molecule has 24 heavy (non-hydrogen) atoms. The SMILES string of the molecule is CC1(C)OB(C(=Cc2cc(F)cc(C(=O)O)c2N)CO)OC1(C)C. The average Bonchev–Trinajstić information content (AvgIpc) is 2.67. The number of rotatable bonds is 4. The van der Waals surface area contributed by atoms with Crippen LogP contribution in [0.5, 0.6) is 0 Å². The minimum absolute atomic E-state index is 0.0913. The number of nitrogen functional groups attached to an aromatic ring is 1. The second-order valence-electron chi connectivity index (χ2n) is 6.73. The van der Waals surface area contributed by atoms with Crippen LogP contribution in [0.4, 0.5) is 10.1 Å². The van der Waals surface area contributed by atoms with Crippen molar-refractivity contribution in [1.82, 2.24) is 0 Å². The Morgan fingerprint density at radius 1 is 1.29 bits per heavy atom. The van der Waals surface area contributed by atoms with Gasteiger partial charge in [-0.2, -0.15) is 0 Å². The number of nitrogens with two attached hydrogens (primary N) is 1. The van der Waals surface area contributed by atoms with E-state index in [4.69, 9.17) is 20.1 Å². The number of aromatic carboxylic acids is 1. The van der Waals surface area contributed by atoms with E-state index in [9.17, 15) is 14.3 Å². The Morgan fingerprint density at radius 2 is 1.83 bits per heavy atom. The van der Waals surface area contributed by atoms with Crippen LogP contribution >= 0.6 is 0 Å². The molecule has 0 amide bonds. The summed E-state index contributed by atoms with van der Waals surface area (Å²) in [6.45, 7) is 7.04. The summed E-state index contributed by atoms with van der Waals surface area (Å²) >= 11 is 0. The molecule has 0 aromatic heterocycles. The molecule has 0 atom stereocenters. The van der Waals surface area contributed by atoms with Crippen LogP contribution in [0.25, 0.3) is 6.08 Å². The van der Waals surface area contributed by atoms with Crippen molar-refractivity contribution in [3.05, 3.63) is 34.5 Å². The lowest BCUT2D eigenvalue weighted by Gasteiger charge is -2.32. The van der Waals surface area contributed by atoms with Crippen LogP contribution in [0, 0.1) is 5.82 Å². The molecule has 1 heterocycles. The topological polar surface area (TPSA) is 102 Å². The van der Waals surface area contributed by atoms with Gasteiger partial charge in [0.2, 0.25) is 0 Å². The van der Waals surface area contributed by atoms with Gasteiger partial charge in [0, 0.05) is 5.56 Å². The van der Waals surface area contributed by atoms with E-state index in [2.05, 4.69) is 0 Å². The van der Waals surface area contributed by atoms with Gasteiger partial charge in [-0.25, -0.2) is 9.18 Å². The maximum atomic E-state index is 13.7. The maximum Gasteiger partial charge on any atom is 0.492 e. The van der Waals surface area contributed by atoms with E-state index >= 15 is 0 Å². The van der Waals surface area contributed by atoms with Crippen LogP contribution < -0.4 is 5.73 Å². The lowest BCUT2D eigenvalue weighted by atomic mass is 9.77. The molecule has 4 N–H and O–H groups in total. The van der Waals surface area contributed by atoms with Crippen LogP contribution in [0.1, 0.15) is 43.6 Å². The van der Waals surface area contributed by atoms with Gasteiger partial charge in [0.25, 0.3) is 0 Å². The van der Waals surface area contributed by atoms with Crippen molar-refractivity contribution in [2.24, 2.45) is 0 Å². The van der Waals surface area contributed by atoms with Crippen molar-refractivity contribution in [2.45, 2.75) is 38.9 Å². The Hall–Kier alpha value is -1.90. The van der Waals surface area contributed by atoms with Crippen molar-refractivity contribution >= 4 is 24.9 Å². The lowest BCUT2D eigenvalue weighted by molar-refractivity contribution is 0.00578. The van der Waals surface area contributed by atoms with E-state index in [1.54, 1.807) is 0 Å². The summed E-state index contributed by atoms with van der Waals surface area (Å²) in [4.78, 5) is 11.1. The fraction of sp³-hybridized carbons (Fsp3) is 0.438. The monoisotopic (exact) mass is 337 g/mol. The molecule has 0 aliphatic carbocycles. The highest BCUT2D eigenvalue weighted by Gasteiger charge is 2.52. The second kappa shape index (κ2) is 6.20. The Labute approximate surface area is 140 Å². The number of carboxylic acids is 1. The summed E-state index contributed by atoms with van der Waals surface area (Å²) in [7, 11) is -0.837. The predicted molar refractivity (Wildman–Crippen MR) is 88.9 cm³/mol. The third-order valence-corrected chi connectivity index (χ3v) is 4.49. The van der Waals surface area contributed by atoms with Crippen molar-refractivity contribution in [3.8, 4) is 0 Å². The number of carbonyl (C=O) groups is 1. The molecule has 0 radical (unpaired) electrons. The molecule has 8 heteroatoms. The Morgan fingerprint density at radius 3 is 2.29 bits per heavy atom. The Balaban J connectivity index is 2.44. The van der Waals surface area contributed by atoms with E-state index in [-0.39, 0.29) is 16.8 Å². The van der Waals surface area contributed by atoms with Gasteiger partial charge < -0.3 is 25.3 Å². The third kappa shape index (κ3) is 3.31. The van der Waals surface area contributed by atoms with E-state index in [0.717, 1.165) is 12.1 Å². The molecule has 0 unspecified atom stereocenters. The largest absolute Gasteiger partial charge is 0.492 e. The molecule has 6 nitrogen and oxygen atoms in total. The summed E-state index contributed by atoms with van der Waals surface area (Å²) in [5.74, 6) is -2.07. The summed E-state index contributed by atoms with van der Waals surface area (Å²) in [5.41, 5.74) is 4.63. The number of anilines is 1. The Kier molecular flexibility index (Phi) is 4.76. The first-order chi connectivity index (χ1) is 11.0. The highest BCUT2D eigenvalue weighted by atomic mass is 19.1. The van der Waals surface area contributed by atoms with Crippen molar-refractivity contribution in [2.75, 3.05) is 12.3 Å². The number of carboxylic acid groups (broad SMARTS) is 1. The van der Waals surface area contributed by atoms with Crippen molar-refractivity contribution in [1.29, 1.82) is 0 Å². The molecule has 130 valence electrons. The molecule has 1 fully saturated rings. The molecule has 0 spiro atoms. The molecule has 2 rings (SSSR count). The van der Waals surface area contributed by atoms with Crippen LogP contribution in [-0.2, 0) is 9.31 Å². The van der Waals surface area contributed by atoms with Gasteiger partial charge in [-0.1, -0.05) is 6.08 Å². The van der Waals surface area contributed by atoms with Gasteiger partial charge in [0.15, 0.2) is 0 Å². The second-order valence-corrected chi connectivity index (χ2v) is 6.73. The van der Waals surface area contributed by atoms with Gasteiger partial charge in [0.1, 0.15) is 5.82 Å². The standard InChI is InChI=1S/C16H21BFNO5/c1-15(2)16(3,4)24-17(23-15)10(8-20)5-9-6-11(18)7-12(13(9)19)14(21)22/h5-7,20H,8,19H2,1-4H3,(H,21,22). The first-order valence-electron chi connectivity index (χ1n) is 7.48. The zero-order chi connectivity index (χ0) is 18.3. The minimum Gasteiger partial charge on any atom is -0.478 e. The number of hydrogen-bond acceptors (Lipinski definition) is 5. The fourth-order valence-corrected chi connectivity index (χ4v) is 2.32. The predicted octanol–water partition coefficient (Wildman–Crippen LogP) is 2.11. The molecule has 0 saturated carbocycles. The van der Waals surface area contributed by atoms with Crippen LogP contribution in [0.15, 0.2) is 17.6 Å². The molecule has 1 aliphatic rings. The first kappa shape index (κ1) is 18.4. The van der Waals surface area contributed by atoms with Crippen LogP contribution in [0.3, 0.4) is 0 Å². The number of aliphatic hydroxyl groups excluding tert-OH is 1. The quantitative estimate of drug-likeness (QED) is 0.575. The third-order valence-electron chi connectivity index (χ3n) is 4.49. The summed E-state index contributed by atoms with van der Waals surface area (Å²) < 4.78 is 25.3. The Bertz CT molecular complexity index is 686. The molecular weight excluding hydrogens is 316 g/mol. The van der Waals surface area contributed by atoms with E-state index in [1.165, 1.54) is 6.08 Å². The number of halogens is 1. The van der Waals surface area contributed by atoms with Gasteiger partial charge in [0.05, 0.1) is 29.1 Å².